The Hall–Kier alpha value is -1.00. The van der Waals surface area contributed by atoms with Crippen molar-refractivity contribution in [3.8, 4) is 0 Å². The van der Waals surface area contributed by atoms with Crippen LogP contribution in [0.3, 0.4) is 0 Å². The molecule has 2 aromatic rings. The minimum Gasteiger partial charge on any atom is -0.330 e. The maximum Gasteiger partial charge on any atom is 0.125 e. The molecule has 0 aliphatic heterocycles. The molecule has 104 valence electrons. The summed E-state index contributed by atoms with van der Waals surface area (Å²) in [6.45, 7) is 2.97. The zero-order chi connectivity index (χ0) is 13.7. The smallest absolute Gasteiger partial charge is 0.125 e. The van der Waals surface area contributed by atoms with Gasteiger partial charge in [0.1, 0.15) is 5.82 Å². The van der Waals surface area contributed by atoms with Crippen molar-refractivity contribution in [3.63, 3.8) is 0 Å². The van der Waals surface area contributed by atoms with Crippen LogP contribution in [-0.2, 0) is 6.42 Å². The Morgan fingerprint density at radius 2 is 2.16 bits per heavy atom. The Kier molecular flexibility index (Phi) is 5.28. The number of hydrogen-bond acceptors (Lipinski definition) is 3. The lowest BCUT2D eigenvalue weighted by Crippen LogP contribution is -2.09. The van der Waals surface area contributed by atoms with Crippen LogP contribution in [0.2, 0.25) is 0 Å². The highest BCUT2D eigenvalue weighted by Crippen LogP contribution is 2.25. The maximum absolute atomic E-state index is 13.1. The molecule has 19 heavy (non-hydrogen) atoms. The molecule has 0 aliphatic carbocycles. The molecule has 2 rings (SSSR count). The fourth-order valence-corrected chi connectivity index (χ4v) is 3.42. The van der Waals surface area contributed by atoms with Crippen molar-refractivity contribution in [2.45, 2.75) is 39.0 Å². The Morgan fingerprint density at radius 3 is 2.89 bits per heavy atom. The minimum absolute atomic E-state index is 0.212. The van der Waals surface area contributed by atoms with E-state index in [2.05, 4.69) is 11.9 Å². The number of rotatable bonds is 7. The van der Waals surface area contributed by atoms with Gasteiger partial charge in [-0.3, -0.25) is 0 Å². The van der Waals surface area contributed by atoms with Crippen molar-refractivity contribution < 1.29 is 4.39 Å². The van der Waals surface area contributed by atoms with E-state index < -0.39 is 0 Å². The molecule has 0 fully saturated rings. The summed E-state index contributed by atoms with van der Waals surface area (Å²) < 4.78 is 14.2. The standard InChI is InChI=1S/C15H21FN2S/c1-2-3-11(8-9-17)4-7-15-18-13-10-12(16)5-6-14(13)19-15/h5-6,10-11H,2-4,7-9,17H2,1H3. The molecule has 0 radical (unpaired) electrons. The van der Waals surface area contributed by atoms with Gasteiger partial charge >= 0.3 is 0 Å². The number of nitrogens with two attached hydrogens (primary N) is 1. The van der Waals surface area contributed by atoms with Crippen molar-refractivity contribution >= 4 is 21.6 Å². The number of nitrogens with zero attached hydrogens (tertiary/aromatic N) is 1. The van der Waals surface area contributed by atoms with Crippen LogP contribution in [0.4, 0.5) is 4.39 Å². The van der Waals surface area contributed by atoms with Gasteiger partial charge in [0, 0.05) is 6.07 Å². The number of fused-ring (bicyclic) bond motifs is 1. The molecule has 0 amide bonds. The van der Waals surface area contributed by atoms with Crippen LogP contribution in [0.5, 0.6) is 0 Å². The number of thiazole rings is 1. The molecule has 4 heteroatoms. The molecular formula is C15H21FN2S. The van der Waals surface area contributed by atoms with Gasteiger partial charge in [0.15, 0.2) is 0 Å². The number of benzene rings is 1. The van der Waals surface area contributed by atoms with Gasteiger partial charge < -0.3 is 5.73 Å². The SMILES string of the molecule is CCCC(CCN)CCc1nc2cc(F)ccc2s1. The average molecular weight is 280 g/mol. The Balaban J connectivity index is 2.00. The summed E-state index contributed by atoms with van der Waals surface area (Å²) in [4.78, 5) is 4.51. The minimum atomic E-state index is -0.212. The van der Waals surface area contributed by atoms with Crippen LogP contribution in [0.1, 0.15) is 37.6 Å². The van der Waals surface area contributed by atoms with E-state index in [0.29, 0.717) is 5.92 Å². The highest BCUT2D eigenvalue weighted by molar-refractivity contribution is 7.18. The highest BCUT2D eigenvalue weighted by Gasteiger charge is 2.10. The molecular weight excluding hydrogens is 259 g/mol. The molecule has 0 saturated heterocycles. The predicted molar refractivity (Wildman–Crippen MR) is 80.0 cm³/mol. The van der Waals surface area contributed by atoms with Gasteiger partial charge in [-0.15, -0.1) is 11.3 Å². The van der Waals surface area contributed by atoms with Gasteiger partial charge in [0.25, 0.3) is 0 Å². The first-order chi connectivity index (χ1) is 9.22. The second-order valence-electron chi connectivity index (χ2n) is 4.99. The first-order valence-corrected chi connectivity index (χ1v) is 7.79. The van der Waals surface area contributed by atoms with Gasteiger partial charge in [0.05, 0.1) is 15.2 Å². The monoisotopic (exact) mass is 280 g/mol. The van der Waals surface area contributed by atoms with E-state index in [0.717, 1.165) is 41.0 Å². The first-order valence-electron chi connectivity index (χ1n) is 6.98. The van der Waals surface area contributed by atoms with Gasteiger partial charge in [-0.2, -0.15) is 0 Å². The largest absolute Gasteiger partial charge is 0.330 e. The summed E-state index contributed by atoms with van der Waals surface area (Å²) >= 11 is 1.68. The van der Waals surface area contributed by atoms with E-state index in [-0.39, 0.29) is 5.82 Å². The molecule has 1 heterocycles. The Morgan fingerprint density at radius 1 is 1.32 bits per heavy atom. The van der Waals surface area contributed by atoms with Crippen LogP contribution in [0, 0.1) is 11.7 Å². The molecule has 0 saturated carbocycles. The Bertz CT molecular complexity index is 518. The summed E-state index contributed by atoms with van der Waals surface area (Å²) in [7, 11) is 0. The highest BCUT2D eigenvalue weighted by atomic mass is 32.1. The number of aryl methyl sites for hydroxylation is 1. The third-order valence-electron chi connectivity index (χ3n) is 3.43. The van der Waals surface area contributed by atoms with Crippen molar-refractivity contribution in [1.29, 1.82) is 0 Å². The number of halogens is 1. The van der Waals surface area contributed by atoms with E-state index in [4.69, 9.17) is 5.73 Å². The quantitative estimate of drug-likeness (QED) is 0.828. The molecule has 2 nitrogen and oxygen atoms in total. The van der Waals surface area contributed by atoms with Crippen molar-refractivity contribution in [2.75, 3.05) is 6.54 Å². The third-order valence-corrected chi connectivity index (χ3v) is 4.53. The lowest BCUT2D eigenvalue weighted by Gasteiger charge is -2.13. The van der Waals surface area contributed by atoms with Crippen LogP contribution >= 0.6 is 11.3 Å². The van der Waals surface area contributed by atoms with Crippen LogP contribution in [0.15, 0.2) is 18.2 Å². The van der Waals surface area contributed by atoms with E-state index in [1.807, 2.05) is 6.07 Å². The van der Waals surface area contributed by atoms with E-state index in [1.54, 1.807) is 11.3 Å². The van der Waals surface area contributed by atoms with Gasteiger partial charge in [0.2, 0.25) is 0 Å². The van der Waals surface area contributed by atoms with E-state index in [9.17, 15) is 4.39 Å². The molecule has 2 N–H and O–H groups in total. The number of aromatic nitrogens is 1. The summed E-state index contributed by atoms with van der Waals surface area (Å²) in [5.41, 5.74) is 6.44. The first kappa shape index (κ1) is 14.4. The molecule has 1 aromatic heterocycles. The molecule has 0 aliphatic rings. The molecule has 1 atom stereocenters. The topological polar surface area (TPSA) is 38.9 Å². The zero-order valence-electron chi connectivity index (χ0n) is 11.4. The van der Waals surface area contributed by atoms with Gasteiger partial charge in [-0.25, -0.2) is 9.37 Å². The maximum atomic E-state index is 13.1. The van der Waals surface area contributed by atoms with Crippen LogP contribution in [-0.4, -0.2) is 11.5 Å². The molecule has 1 unspecified atom stereocenters. The summed E-state index contributed by atoms with van der Waals surface area (Å²) in [5.74, 6) is 0.482. The van der Waals surface area contributed by atoms with Crippen molar-refractivity contribution in [3.05, 3.63) is 29.0 Å². The normalized spacial score (nSPS) is 13.0. The van der Waals surface area contributed by atoms with E-state index in [1.165, 1.54) is 25.0 Å². The Labute approximate surface area is 117 Å². The van der Waals surface area contributed by atoms with Crippen LogP contribution < -0.4 is 5.73 Å². The summed E-state index contributed by atoms with van der Waals surface area (Å²) in [5, 5.41) is 1.11. The van der Waals surface area contributed by atoms with Gasteiger partial charge in [-0.05, 0) is 43.9 Å². The second-order valence-corrected chi connectivity index (χ2v) is 6.11. The average Bonchev–Trinajstić information content (AvgIpc) is 2.78. The fourth-order valence-electron chi connectivity index (χ4n) is 2.46. The molecule has 0 spiro atoms. The molecule has 1 aromatic carbocycles. The molecule has 0 bridgehead atoms. The van der Waals surface area contributed by atoms with Gasteiger partial charge in [-0.1, -0.05) is 19.8 Å². The lowest BCUT2D eigenvalue weighted by atomic mass is 9.95. The fraction of sp³-hybridized carbons (Fsp3) is 0.533. The number of hydrogen-bond donors (Lipinski definition) is 1. The second kappa shape index (κ2) is 6.96. The summed E-state index contributed by atoms with van der Waals surface area (Å²) in [6, 6.07) is 4.83. The third kappa shape index (κ3) is 3.98. The zero-order valence-corrected chi connectivity index (χ0v) is 12.2. The van der Waals surface area contributed by atoms with E-state index >= 15 is 0 Å². The lowest BCUT2D eigenvalue weighted by molar-refractivity contribution is 0.421. The van der Waals surface area contributed by atoms with Crippen molar-refractivity contribution in [2.24, 2.45) is 11.7 Å². The van der Waals surface area contributed by atoms with Crippen molar-refractivity contribution in [1.82, 2.24) is 4.98 Å². The van der Waals surface area contributed by atoms with Crippen LogP contribution in [0.25, 0.3) is 10.2 Å². The predicted octanol–water partition coefficient (Wildman–Crippen LogP) is 4.13. The summed E-state index contributed by atoms with van der Waals surface area (Å²) in [6.07, 6.45) is 5.64.